The van der Waals surface area contributed by atoms with Crippen LogP contribution in [0.4, 0.5) is 4.79 Å². The lowest BCUT2D eigenvalue weighted by molar-refractivity contribution is 0.198. The van der Waals surface area contributed by atoms with Gasteiger partial charge in [0.15, 0.2) is 5.65 Å². The van der Waals surface area contributed by atoms with Crippen molar-refractivity contribution < 1.29 is 9.90 Å². The molecule has 0 fully saturated rings. The molecule has 4 rings (SSSR count). The molecule has 0 radical (unpaired) electrons. The van der Waals surface area contributed by atoms with E-state index >= 15 is 0 Å². The van der Waals surface area contributed by atoms with Gasteiger partial charge in [0, 0.05) is 23.5 Å². The number of aryl methyl sites for hydroxylation is 1. The Hall–Kier alpha value is -3.22. The molecule has 4 heterocycles. The summed E-state index contributed by atoms with van der Waals surface area (Å²) < 4.78 is 3.03. The number of hydrogen-bond acceptors (Lipinski definition) is 4. The summed E-state index contributed by atoms with van der Waals surface area (Å²) in [5.41, 5.74) is 6.44. The second-order valence-electron chi connectivity index (χ2n) is 6.73. The van der Waals surface area contributed by atoms with Crippen LogP contribution in [0.5, 0.6) is 0 Å². The van der Waals surface area contributed by atoms with Crippen molar-refractivity contribution in [1.29, 1.82) is 0 Å². The van der Waals surface area contributed by atoms with Gasteiger partial charge in [-0.3, -0.25) is 4.98 Å². The Morgan fingerprint density at radius 1 is 1.19 bits per heavy atom. The van der Waals surface area contributed by atoms with Crippen LogP contribution in [0.15, 0.2) is 30.9 Å². The maximum Gasteiger partial charge on any atom is 0.416 e. The molecule has 0 saturated heterocycles. The molecule has 0 unspecified atom stereocenters. The maximum absolute atomic E-state index is 12.2. The highest BCUT2D eigenvalue weighted by molar-refractivity contribution is 5.98. The van der Waals surface area contributed by atoms with Crippen molar-refractivity contribution in [3.05, 3.63) is 47.5 Å². The molecule has 0 spiro atoms. The molecule has 4 aromatic rings. The molecule has 26 heavy (non-hydrogen) atoms. The summed E-state index contributed by atoms with van der Waals surface area (Å²) in [6.07, 6.45) is 4.02. The lowest BCUT2D eigenvalue weighted by Crippen LogP contribution is -2.11. The Bertz CT molecular complexity index is 1170. The van der Waals surface area contributed by atoms with Crippen molar-refractivity contribution in [3.8, 4) is 11.3 Å². The molecule has 132 valence electrons. The first-order chi connectivity index (χ1) is 12.4. The smallest absolute Gasteiger partial charge is 0.416 e. The van der Waals surface area contributed by atoms with Gasteiger partial charge in [-0.1, -0.05) is 13.8 Å². The first kappa shape index (κ1) is 16.3. The number of aromatic nitrogens is 5. The van der Waals surface area contributed by atoms with E-state index in [1.165, 1.54) is 10.9 Å². The maximum atomic E-state index is 12.2. The molecule has 0 aliphatic carbocycles. The molecule has 7 heteroatoms. The fraction of sp³-hybridized carbons (Fsp3) is 0.263. The van der Waals surface area contributed by atoms with E-state index in [1.807, 2.05) is 20.0 Å². The van der Waals surface area contributed by atoms with Gasteiger partial charge >= 0.3 is 6.09 Å². The Morgan fingerprint density at radius 2 is 1.96 bits per heavy atom. The molecule has 1 N–H and O–H groups in total. The molecule has 0 aromatic carbocycles. The minimum atomic E-state index is -1.03. The van der Waals surface area contributed by atoms with Gasteiger partial charge in [-0.05, 0) is 43.0 Å². The average molecular weight is 349 g/mol. The van der Waals surface area contributed by atoms with Gasteiger partial charge in [0.2, 0.25) is 0 Å². The predicted octanol–water partition coefficient (Wildman–Crippen LogP) is 4.01. The van der Waals surface area contributed by atoms with Crippen molar-refractivity contribution in [1.82, 2.24) is 24.1 Å². The van der Waals surface area contributed by atoms with Crippen LogP contribution in [0.25, 0.3) is 27.9 Å². The molecule has 0 atom stereocenters. The van der Waals surface area contributed by atoms with Crippen molar-refractivity contribution >= 4 is 22.8 Å². The molecule has 0 aliphatic heterocycles. The summed E-state index contributed by atoms with van der Waals surface area (Å²) in [7, 11) is 0. The van der Waals surface area contributed by atoms with E-state index in [0.29, 0.717) is 11.2 Å². The zero-order chi connectivity index (χ0) is 18.6. The minimum absolute atomic E-state index is 0.106. The van der Waals surface area contributed by atoms with Gasteiger partial charge in [0.05, 0.1) is 16.7 Å². The van der Waals surface area contributed by atoms with Crippen LogP contribution in [0.1, 0.15) is 36.5 Å². The van der Waals surface area contributed by atoms with E-state index in [2.05, 4.69) is 28.9 Å². The Kier molecular flexibility index (Phi) is 3.54. The van der Waals surface area contributed by atoms with Crippen LogP contribution in [0.3, 0.4) is 0 Å². The van der Waals surface area contributed by atoms with Crippen LogP contribution < -0.4 is 0 Å². The van der Waals surface area contributed by atoms with E-state index in [4.69, 9.17) is 0 Å². The summed E-state index contributed by atoms with van der Waals surface area (Å²) in [5, 5.41) is 14.2. The van der Waals surface area contributed by atoms with Crippen LogP contribution in [-0.4, -0.2) is 35.3 Å². The number of nitrogens with zero attached hydrogens (tertiary/aromatic N) is 5. The third-order valence-corrected chi connectivity index (χ3v) is 4.91. The molecular weight excluding hydrogens is 330 g/mol. The van der Waals surface area contributed by atoms with Crippen LogP contribution in [0.2, 0.25) is 0 Å². The van der Waals surface area contributed by atoms with E-state index in [1.54, 1.807) is 22.8 Å². The number of rotatable bonds is 2. The third-order valence-electron chi connectivity index (χ3n) is 4.91. The quantitative estimate of drug-likeness (QED) is 0.591. The fourth-order valence-electron chi connectivity index (χ4n) is 3.59. The number of carbonyl (C=O) groups is 1. The lowest BCUT2D eigenvalue weighted by atomic mass is 9.95. The average Bonchev–Trinajstić information content (AvgIpc) is 3.19. The zero-order valence-corrected chi connectivity index (χ0v) is 15.1. The highest BCUT2D eigenvalue weighted by Crippen LogP contribution is 2.39. The third kappa shape index (κ3) is 2.13. The summed E-state index contributed by atoms with van der Waals surface area (Å²) in [4.78, 5) is 20.9. The second-order valence-corrected chi connectivity index (χ2v) is 6.73. The van der Waals surface area contributed by atoms with Crippen LogP contribution >= 0.6 is 0 Å². The van der Waals surface area contributed by atoms with Crippen molar-refractivity contribution in [2.45, 2.75) is 33.6 Å². The molecule has 0 bridgehead atoms. The Labute approximate surface area is 149 Å². The molecule has 7 nitrogen and oxygen atoms in total. The second kappa shape index (κ2) is 5.66. The van der Waals surface area contributed by atoms with Gasteiger partial charge < -0.3 is 5.11 Å². The Morgan fingerprint density at radius 3 is 2.65 bits per heavy atom. The predicted molar refractivity (Wildman–Crippen MR) is 98.7 cm³/mol. The van der Waals surface area contributed by atoms with Crippen molar-refractivity contribution in [2.75, 3.05) is 0 Å². The van der Waals surface area contributed by atoms with Crippen LogP contribution in [-0.2, 0) is 0 Å². The van der Waals surface area contributed by atoms with Crippen molar-refractivity contribution in [2.24, 2.45) is 0 Å². The van der Waals surface area contributed by atoms with Crippen molar-refractivity contribution in [3.63, 3.8) is 0 Å². The largest absolute Gasteiger partial charge is 0.464 e. The summed E-state index contributed by atoms with van der Waals surface area (Å²) in [5.74, 6) is 0.106. The Balaban J connectivity index is 2.22. The van der Waals surface area contributed by atoms with Gasteiger partial charge in [0.25, 0.3) is 0 Å². The summed E-state index contributed by atoms with van der Waals surface area (Å²) >= 11 is 0. The minimum Gasteiger partial charge on any atom is -0.464 e. The first-order valence-corrected chi connectivity index (χ1v) is 8.44. The van der Waals surface area contributed by atoms with E-state index < -0.39 is 6.09 Å². The van der Waals surface area contributed by atoms with Gasteiger partial charge in [-0.25, -0.2) is 18.9 Å². The summed E-state index contributed by atoms with van der Waals surface area (Å²) in [6.45, 7) is 8.06. The van der Waals surface area contributed by atoms with E-state index in [9.17, 15) is 9.90 Å². The van der Waals surface area contributed by atoms with Gasteiger partial charge in [-0.15, -0.1) is 0 Å². The molecule has 0 aliphatic rings. The zero-order valence-electron chi connectivity index (χ0n) is 15.1. The molecular formula is C19H19N5O2. The number of carboxylic acid groups (broad SMARTS) is 1. The van der Waals surface area contributed by atoms with E-state index in [-0.39, 0.29) is 5.92 Å². The number of pyridine rings is 2. The SMILES string of the molecule is Cc1c(-c2c(C(C)C)c3ncccc3n2C(=O)O)cn2ncnc2c1C. The highest BCUT2D eigenvalue weighted by atomic mass is 16.4. The monoisotopic (exact) mass is 349 g/mol. The normalized spacial score (nSPS) is 11.7. The van der Waals surface area contributed by atoms with Gasteiger partial charge in [-0.2, -0.15) is 5.10 Å². The van der Waals surface area contributed by atoms with Crippen LogP contribution in [0, 0.1) is 13.8 Å². The molecule has 0 amide bonds. The molecule has 4 aromatic heterocycles. The number of fused-ring (bicyclic) bond motifs is 2. The standard InChI is InChI=1S/C19H19N5O2/c1-10(2)15-16-14(6-5-7-20-16)24(19(25)26)17(15)13-8-23-18(21-9-22-23)12(4)11(13)3/h5-10H,1-4H3,(H,25,26). The summed E-state index contributed by atoms with van der Waals surface area (Å²) in [6, 6.07) is 3.55. The molecule has 0 saturated carbocycles. The lowest BCUT2D eigenvalue weighted by Gasteiger charge is -2.15. The highest BCUT2D eigenvalue weighted by Gasteiger charge is 2.26. The van der Waals surface area contributed by atoms with Gasteiger partial charge in [0.1, 0.15) is 6.33 Å². The first-order valence-electron chi connectivity index (χ1n) is 8.44. The topological polar surface area (TPSA) is 85.3 Å². The number of hydrogen-bond donors (Lipinski definition) is 1. The fourth-order valence-corrected chi connectivity index (χ4v) is 3.59. The van der Waals surface area contributed by atoms with E-state index in [0.717, 1.165) is 33.4 Å².